The van der Waals surface area contributed by atoms with Gasteiger partial charge in [-0.2, -0.15) is 15.1 Å². The molecule has 0 radical (unpaired) electrons. The number of hydrazone groups is 1. The van der Waals surface area contributed by atoms with E-state index in [4.69, 9.17) is 19.6 Å². The van der Waals surface area contributed by atoms with E-state index in [-0.39, 0.29) is 11.4 Å². The first-order valence-electron chi connectivity index (χ1n) is 11.7. The average molecular weight is 505 g/mol. The lowest BCUT2D eigenvalue weighted by Gasteiger charge is -2.20. The van der Waals surface area contributed by atoms with E-state index in [9.17, 15) is 4.79 Å². The van der Waals surface area contributed by atoms with Crippen molar-refractivity contribution >= 4 is 39.8 Å². The van der Waals surface area contributed by atoms with Crippen molar-refractivity contribution in [2.45, 2.75) is 26.7 Å². The van der Waals surface area contributed by atoms with E-state index in [1.54, 1.807) is 18.2 Å². The van der Waals surface area contributed by atoms with E-state index in [1.807, 2.05) is 50.3 Å². The van der Waals surface area contributed by atoms with Gasteiger partial charge in [0.25, 0.3) is 5.91 Å². The van der Waals surface area contributed by atoms with E-state index in [0.717, 1.165) is 22.8 Å². The van der Waals surface area contributed by atoms with Crippen molar-refractivity contribution in [3.63, 3.8) is 0 Å². The fourth-order valence-corrected chi connectivity index (χ4v) is 4.44. The van der Waals surface area contributed by atoms with Crippen molar-refractivity contribution in [3.05, 3.63) is 71.8 Å². The summed E-state index contributed by atoms with van der Waals surface area (Å²) in [5.74, 6) is 1.47. The Morgan fingerprint density at radius 1 is 1.06 bits per heavy atom. The van der Waals surface area contributed by atoms with Gasteiger partial charge in [-0.05, 0) is 66.9 Å². The molecule has 2 aliphatic heterocycles. The van der Waals surface area contributed by atoms with Crippen molar-refractivity contribution in [2.75, 3.05) is 19.8 Å². The van der Waals surface area contributed by atoms with Gasteiger partial charge in [-0.1, -0.05) is 37.3 Å². The molecular formula is C27H28N4O4S. The summed E-state index contributed by atoms with van der Waals surface area (Å²) in [6, 6.07) is 13.2. The minimum Gasteiger partial charge on any atom is -0.490 e. The van der Waals surface area contributed by atoms with Gasteiger partial charge in [0.05, 0.1) is 12.2 Å². The Balaban J connectivity index is 1.45. The number of carbonyl (C=O) groups is 1. The summed E-state index contributed by atoms with van der Waals surface area (Å²) in [5.41, 5.74) is 1.94. The van der Waals surface area contributed by atoms with Crippen molar-refractivity contribution in [1.82, 2.24) is 5.01 Å². The molecule has 0 aromatic heterocycles. The third kappa shape index (κ3) is 5.68. The van der Waals surface area contributed by atoms with Gasteiger partial charge in [-0.15, -0.1) is 6.58 Å². The third-order valence-electron chi connectivity index (χ3n) is 5.31. The summed E-state index contributed by atoms with van der Waals surface area (Å²) < 4.78 is 17.6. The number of aliphatic imine (C=N–C) groups is 1. The minimum absolute atomic E-state index is 0.00752. The van der Waals surface area contributed by atoms with Gasteiger partial charge in [0.1, 0.15) is 24.0 Å². The molecule has 2 heterocycles. The standard InChI is InChI=1S/C27H28N4O4S/c1-4-9-19-10-7-8-11-21(19)34-14-15-35-22-13-12-18(17-23(22)33-6-3)16-20-25(28)31-27(29-26(20)32)36-24(5-2)30-31/h4,7-8,10-13,16-17,28H,1,5-6,9,14-15H2,2-3H3/b20-16-,28-25?. The molecule has 2 aromatic rings. The minimum atomic E-state index is -0.460. The Hall–Kier alpha value is -3.85. The van der Waals surface area contributed by atoms with E-state index >= 15 is 0 Å². The van der Waals surface area contributed by atoms with Crippen LogP contribution in [0.25, 0.3) is 6.08 Å². The van der Waals surface area contributed by atoms with Crippen molar-refractivity contribution in [2.24, 2.45) is 10.1 Å². The smallest absolute Gasteiger partial charge is 0.283 e. The maximum atomic E-state index is 12.6. The lowest BCUT2D eigenvalue weighted by Crippen LogP contribution is -2.35. The Kier molecular flexibility index (Phi) is 8.22. The van der Waals surface area contributed by atoms with Gasteiger partial charge in [-0.25, -0.2) is 0 Å². The van der Waals surface area contributed by atoms with Crippen LogP contribution in [0.1, 0.15) is 31.4 Å². The predicted octanol–water partition coefficient (Wildman–Crippen LogP) is 5.30. The number of para-hydroxylation sites is 1. The maximum Gasteiger partial charge on any atom is 0.283 e. The van der Waals surface area contributed by atoms with Crippen molar-refractivity contribution in [3.8, 4) is 17.2 Å². The molecule has 0 atom stereocenters. The molecule has 0 aliphatic carbocycles. The Morgan fingerprint density at radius 3 is 2.58 bits per heavy atom. The second-order valence-electron chi connectivity index (χ2n) is 7.80. The monoisotopic (exact) mass is 504 g/mol. The molecule has 1 amide bonds. The number of nitrogens with one attached hydrogen (secondary N) is 1. The van der Waals surface area contributed by atoms with Gasteiger partial charge in [0.2, 0.25) is 5.17 Å². The number of amides is 1. The highest BCUT2D eigenvalue weighted by atomic mass is 32.2. The zero-order valence-electron chi connectivity index (χ0n) is 20.3. The number of ether oxygens (including phenoxy) is 3. The van der Waals surface area contributed by atoms with Gasteiger partial charge in [-0.3, -0.25) is 10.2 Å². The van der Waals surface area contributed by atoms with E-state index in [0.29, 0.717) is 48.5 Å². The molecule has 0 saturated heterocycles. The van der Waals surface area contributed by atoms with Crippen LogP contribution in [0, 0.1) is 5.41 Å². The van der Waals surface area contributed by atoms with Gasteiger partial charge >= 0.3 is 0 Å². The fraction of sp³-hybridized carbons (Fsp3) is 0.259. The van der Waals surface area contributed by atoms with Crippen LogP contribution in [-0.2, 0) is 11.2 Å². The highest BCUT2D eigenvalue weighted by Crippen LogP contribution is 2.32. The highest BCUT2D eigenvalue weighted by Gasteiger charge is 2.35. The van der Waals surface area contributed by atoms with E-state index in [2.05, 4.69) is 16.7 Å². The molecule has 0 saturated carbocycles. The Labute approximate surface area is 214 Å². The van der Waals surface area contributed by atoms with Gasteiger partial charge in [0, 0.05) is 0 Å². The second kappa shape index (κ2) is 11.7. The molecule has 0 fully saturated rings. The Morgan fingerprint density at radius 2 is 1.83 bits per heavy atom. The number of hydrogen-bond donors (Lipinski definition) is 1. The quantitative estimate of drug-likeness (QED) is 0.253. The lowest BCUT2D eigenvalue weighted by atomic mass is 10.1. The molecular weight excluding hydrogens is 476 g/mol. The summed E-state index contributed by atoms with van der Waals surface area (Å²) in [6.45, 7) is 8.79. The van der Waals surface area contributed by atoms with Gasteiger partial charge in [0.15, 0.2) is 17.3 Å². The predicted molar refractivity (Wildman–Crippen MR) is 144 cm³/mol. The first-order chi connectivity index (χ1) is 17.5. The number of benzene rings is 2. The van der Waals surface area contributed by atoms with Crippen LogP contribution in [-0.4, -0.2) is 46.8 Å². The number of thioether (sulfide) groups is 1. The molecule has 0 bridgehead atoms. The molecule has 8 nitrogen and oxygen atoms in total. The second-order valence-corrected chi connectivity index (χ2v) is 8.84. The first kappa shape index (κ1) is 25.2. The summed E-state index contributed by atoms with van der Waals surface area (Å²) in [6.07, 6.45) is 4.92. The van der Waals surface area contributed by atoms with Crippen LogP contribution in [0.3, 0.4) is 0 Å². The number of amidine groups is 2. The number of carbonyl (C=O) groups excluding carboxylic acids is 1. The molecule has 0 spiro atoms. The summed E-state index contributed by atoms with van der Waals surface area (Å²) in [7, 11) is 0. The topological polar surface area (TPSA) is 96.6 Å². The number of rotatable bonds is 11. The normalized spacial score (nSPS) is 15.9. The molecule has 0 unspecified atom stereocenters. The lowest BCUT2D eigenvalue weighted by molar-refractivity contribution is -0.114. The first-order valence-corrected chi connectivity index (χ1v) is 12.6. The maximum absolute atomic E-state index is 12.6. The SMILES string of the molecule is C=CCc1ccccc1OCCOc1ccc(/C=C2/C(=N)N3N=C(CC)SC3=NC2=O)cc1OCC. The Bertz CT molecular complexity index is 1270. The van der Waals surface area contributed by atoms with Crippen LogP contribution in [0.15, 0.2) is 70.8 Å². The molecule has 9 heteroatoms. The largest absolute Gasteiger partial charge is 0.490 e. The third-order valence-corrected chi connectivity index (χ3v) is 6.37. The van der Waals surface area contributed by atoms with Crippen LogP contribution in [0.5, 0.6) is 17.2 Å². The fourth-order valence-electron chi connectivity index (χ4n) is 3.62. The average Bonchev–Trinajstić information content (AvgIpc) is 3.30. The van der Waals surface area contributed by atoms with E-state index in [1.165, 1.54) is 16.8 Å². The molecule has 1 N–H and O–H groups in total. The van der Waals surface area contributed by atoms with Crippen molar-refractivity contribution in [1.29, 1.82) is 5.41 Å². The molecule has 4 rings (SSSR count). The van der Waals surface area contributed by atoms with Crippen molar-refractivity contribution < 1.29 is 19.0 Å². The van der Waals surface area contributed by atoms with Gasteiger partial charge < -0.3 is 14.2 Å². The van der Waals surface area contributed by atoms with Crippen LogP contribution in [0.2, 0.25) is 0 Å². The number of nitrogens with zero attached hydrogens (tertiary/aromatic N) is 3. The summed E-state index contributed by atoms with van der Waals surface area (Å²) in [5, 5.41) is 15.5. The zero-order chi connectivity index (χ0) is 25.5. The van der Waals surface area contributed by atoms with Crippen LogP contribution in [0.4, 0.5) is 0 Å². The number of hydrogen-bond acceptors (Lipinski definition) is 7. The van der Waals surface area contributed by atoms with E-state index < -0.39 is 5.91 Å². The number of fused-ring (bicyclic) bond motifs is 1. The molecule has 186 valence electrons. The molecule has 36 heavy (non-hydrogen) atoms. The zero-order valence-corrected chi connectivity index (χ0v) is 21.1. The summed E-state index contributed by atoms with van der Waals surface area (Å²) in [4.78, 5) is 16.7. The molecule has 2 aromatic carbocycles. The van der Waals surface area contributed by atoms with Crippen LogP contribution < -0.4 is 14.2 Å². The van der Waals surface area contributed by atoms with Crippen LogP contribution >= 0.6 is 11.8 Å². The summed E-state index contributed by atoms with van der Waals surface area (Å²) >= 11 is 1.32. The molecule has 2 aliphatic rings. The number of allylic oxidation sites excluding steroid dienone is 1. The highest BCUT2D eigenvalue weighted by molar-refractivity contribution is 8.26.